The average Bonchev–Trinajstić information content (AvgIpc) is 2.48. The summed E-state index contributed by atoms with van der Waals surface area (Å²) in [5.74, 6) is 6.76. The maximum Gasteiger partial charge on any atom is 0.119 e. The first-order valence-electron chi connectivity index (χ1n) is 7.45. The highest BCUT2D eigenvalue weighted by Crippen LogP contribution is 2.16. The van der Waals surface area contributed by atoms with E-state index >= 15 is 0 Å². The Hall–Kier alpha value is -1.50. The molecule has 3 nitrogen and oxygen atoms in total. The van der Waals surface area contributed by atoms with Crippen molar-refractivity contribution in [3.63, 3.8) is 0 Å². The predicted molar refractivity (Wildman–Crippen MR) is 82.8 cm³/mol. The molecule has 1 aliphatic heterocycles. The molecule has 1 aromatic rings. The van der Waals surface area contributed by atoms with Crippen molar-refractivity contribution in [1.29, 1.82) is 0 Å². The molecular formula is C17H24N2O. The van der Waals surface area contributed by atoms with E-state index in [4.69, 9.17) is 10.5 Å². The lowest BCUT2D eigenvalue weighted by atomic mass is 10.0. The van der Waals surface area contributed by atoms with Gasteiger partial charge in [-0.2, -0.15) is 0 Å². The fourth-order valence-electron chi connectivity index (χ4n) is 2.56. The van der Waals surface area contributed by atoms with Crippen molar-refractivity contribution in [1.82, 2.24) is 4.90 Å². The highest BCUT2D eigenvalue weighted by atomic mass is 16.5. The Labute approximate surface area is 122 Å². The topological polar surface area (TPSA) is 38.5 Å². The van der Waals surface area contributed by atoms with E-state index < -0.39 is 0 Å². The summed E-state index contributed by atoms with van der Waals surface area (Å²) in [7, 11) is 0. The van der Waals surface area contributed by atoms with E-state index in [0.29, 0.717) is 12.6 Å². The molecule has 0 saturated carbocycles. The predicted octanol–water partition coefficient (Wildman–Crippen LogP) is 2.25. The van der Waals surface area contributed by atoms with Gasteiger partial charge in [-0.05, 0) is 50.6 Å². The zero-order valence-corrected chi connectivity index (χ0v) is 12.3. The first kappa shape index (κ1) is 14.9. The summed E-state index contributed by atoms with van der Waals surface area (Å²) in [6.07, 6.45) is 4.00. The Morgan fingerprint density at radius 1 is 1.30 bits per heavy atom. The Balaban J connectivity index is 1.76. The fourth-order valence-corrected chi connectivity index (χ4v) is 2.56. The van der Waals surface area contributed by atoms with Gasteiger partial charge in [0.1, 0.15) is 12.4 Å². The summed E-state index contributed by atoms with van der Waals surface area (Å²) >= 11 is 0. The number of hydrogen-bond donors (Lipinski definition) is 1. The van der Waals surface area contributed by atoms with Crippen molar-refractivity contribution in [2.75, 3.05) is 26.2 Å². The standard InChI is InChI=1S/C17H24N2O/c1-15-5-2-3-12-19(15)13-14-20-17-9-7-16(8-10-17)6-4-11-18/h7-10,15H,2-3,5,11-14,18H2,1H3. The number of nitrogens with two attached hydrogens (primary N) is 1. The second-order valence-electron chi connectivity index (χ2n) is 5.26. The average molecular weight is 272 g/mol. The second kappa shape index (κ2) is 7.94. The Kier molecular flexibility index (Phi) is 5.91. The van der Waals surface area contributed by atoms with Gasteiger partial charge in [-0.15, -0.1) is 0 Å². The number of benzene rings is 1. The van der Waals surface area contributed by atoms with Crippen molar-refractivity contribution < 1.29 is 4.74 Å². The quantitative estimate of drug-likeness (QED) is 0.854. The van der Waals surface area contributed by atoms with Crippen LogP contribution in [0.2, 0.25) is 0 Å². The summed E-state index contributed by atoms with van der Waals surface area (Å²) in [6.45, 7) is 5.67. The number of nitrogens with zero attached hydrogens (tertiary/aromatic N) is 1. The van der Waals surface area contributed by atoms with Gasteiger partial charge in [0.2, 0.25) is 0 Å². The molecule has 0 bridgehead atoms. The number of piperidine rings is 1. The molecule has 1 aromatic carbocycles. The van der Waals surface area contributed by atoms with Crippen LogP contribution in [0.4, 0.5) is 0 Å². The maximum atomic E-state index is 5.80. The van der Waals surface area contributed by atoms with Crippen LogP contribution in [0.3, 0.4) is 0 Å². The second-order valence-corrected chi connectivity index (χ2v) is 5.26. The van der Waals surface area contributed by atoms with Gasteiger partial charge in [0.05, 0.1) is 6.54 Å². The van der Waals surface area contributed by atoms with E-state index in [9.17, 15) is 0 Å². The van der Waals surface area contributed by atoms with Crippen LogP contribution < -0.4 is 10.5 Å². The highest BCUT2D eigenvalue weighted by molar-refractivity contribution is 5.38. The normalized spacial score (nSPS) is 19.2. The van der Waals surface area contributed by atoms with E-state index in [1.807, 2.05) is 24.3 Å². The van der Waals surface area contributed by atoms with Crippen LogP contribution in [-0.4, -0.2) is 37.2 Å². The van der Waals surface area contributed by atoms with Crippen molar-refractivity contribution in [2.24, 2.45) is 5.73 Å². The molecule has 0 spiro atoms. The monoisotopic (exact) mass is 272 g/mol. The molecule has 1 unspecified atom stereocenters. The summed E-state index contributed by atoms with van der Waals surface area (Å²) in [5.41, 5.74) is 6.33. The number of likely N-dealkylation sites (tertiary alicyclic amines) is 1. The van der Waals surface area contributed by atoms with Crippen LogP contribution >= 0.6 is 0 Å². The van der Waals surface area contributed by atoms with E-state index in [1.54, 1.807) is 0 Å². The van der Waals surface area contributed by atoms with Crippen molar-refractivity contribution in [3.05, 3.63) is 29.8 Å². The first-order chi connectivity index (χ1) is 9.79. The largest absolute Gasteiger partial charge is 0.492 e. The van der Waals surface area contributed by atoms with Crippen molar-refractivity contribution >= 4 is 0 Å². The number of hydrogen-bond acceptors (Lipinski definition) is 3. The van der Waals surface area contributed by atoms with Gasteiger partial charge in [-0.1, -0.05) is 18.3 Å². The van der Waals surface area contributed by atoms with E-state index in [0.717, 1.165) is 24.5 Å². The van der Waals surface area contributed by atoms with Crippen molar-refractivity contribution in [3.8, 4) is 17.6 Å². The van der Waals surface area contributed by atoms with Crippen LogP contribution in [0, 0.1) is 11.8 Å². The minimum Gasteiger partial charge on any atom is -0.492 e. The summed E-state index contributed by atoms with van der Waals surface area (Å²) in [5, 5.41) is 0. The third-order valence-corrected chi connectivity index (χ3v) is 3.78. The van der Waals surface area contributed by atoms with Gasteiger partial charge in [0.25, 0.3) is 0 Å². The van der Waals surface area contributed by atoms with Crippen LogP contribution in [0.25, 0.3) is 0 Å². The third kappa shape index (κ3) is 4.56. The third-order valence-electron chi connectivity index (χ3n) is 3.78. The van der Waals surface area contributed by atoms with Gasteiger partial charge in [-0.3, -0.25) is 4.90 Å². The first-order valence-corrected chi connectivity index (χ1v) is 7.45. The summed E-state index contributed by atoms with van der Waals surface area (Å²) in [6, 6.07) is 8.59. The molecule has 1 fully saturated rings. The molecule has 3 heteroatoms. The molecule has 2 N–H and O–H groups in total. The van der Waals surface area contributed by atoms with E-state index in [-0.39, 0.29) is 0 Å². The number of ether oxygens (including phenoxy) is 1. The molecule has 1 aliphatic rings. The lowest BCUT2D eigenvalue weighted by Crippen LogP contribution is -2.39. The van der Waals surface area contributed by atoms with Gasteiger partial charge in [0, 0.05) is 18.2 Å². The Morgan fingerprint density at radius 3 is 2.80 bits per heavy atom. The van der Waals surface area contributed by atoms with Gasteiger partial charge >= 0.3 is 0 Å². The zero-order valence-electron chi connectivity index (χ0n) is 12.3. The molecule has 1 saturated heterocycles. The fraction of sp³-hybridized carbons (Fsp3) is 0.529. The van der Waals surface area contributed by atoms with E-state index in [2.05, 4.69) is 23.7 Å². The highest BCUT2D eigenvalue weighted by Gasteiger charge is 2.17. The molecule has 0 amide bonds. The lowest BCUT2D eigenvalue weighted by Gasteiger charge is -2.33. The minimum absolute atomic E-state index is 0.395. The van der Waals surface area contributed by atoms with Gasteiger partial charge in [0.15, 0.2) is 0 Å². The van der Waals surface area contributed by atoms with Gasteiger partial charge < -0.3 is 10.5 Å². The molecule has 1 heterocycles. The maximum absolute atomic E-state index is 5.80. The zero-order chi connectivity index (χ0) is 14.2. The van der Waals surface area contributed by atoms with E-state index in [1.165, 1.54) is 25.8 Å². The number of rotatable bonds is 4. The van der Waals surface area contributed by atoms with Crippen LogP contribution in [-0.2, 0) is 0 Å². The van der Waals surface area contributed by atoms with Crippen LogP contribution in [0.5, 0.6) is 5.75 Å². The van der Waals surface area contributed by atoms with Gasteiger partial charge in [-0.25, -0.2) is 0 Å². The molecule has 0 radical (unpaired) electrons. The SMILES string of the molecule is CC1CCCCN1CCOc1ccc(C#CCN)cc1. The molecule has 0 aromatic heterocycles. The molecule has 2 rings (SSSR count). The molecular weight excluding hydrogens is 248 g/mol. The molecule has 20 heavy (non-hydrogen) atoms. The lowest BCUT2D eigenvalue weighted by molar-refractivity contribution is 0.133. The summed E-state index contributed by atoms with van der Waals surface area (Å²) < 4.78 is 5.80. The Bertz CT molecular complexity index is 458. The smallest absolute Gasteiger partial charge is 0.119 e. The minimum atomic E-state index is 0.395. The van der Waals surface area contributed by atoms with Crippen LogP contribution in [0.1, 0.15) is 31.7 Å². The van der Waals surface area contributed by atoms with Crippen molar-refractivity contribution in [2.45, 2.75) is 32.2 Å². The summed E-state index contributed by atoms with van der Waals surface area (Å²) in [4.78, 5) is 2.52. The Morgan fingerprint density at radius 2 is 2.10 bits per heavy atom. The van der Waals surface area contributed by atoms with Crippen LogP contribution in [0.15, 0.2) is 24.3 Å². The molecule has 1 atom stereocenters. The molecule has 108 valence electrons. The molecule has 0 aliphatic carbocycles.